The second-order valence-corrected chi connectivity index (χ2v) is 7.76. The molecule has 3 nitrogen and oxygen atoms in total. The third kappa shape index (κ3) is 4.08. The van der Waals surface area contributed by atoms with Crippen molar-refractivity contribution in [2.24, 2.45) is 0 Å². The zero-order valence-electron chi connectivity index (χ0n) is 15.0. The number of nitrogens with zero attached hydrogens (tertiary/aromatic N) is 2. The first-order chi connectivity index (χ1) is 13.2. The van der Waals surface area contributed by atoms with Crippen LogP contribution in [-0.4, -0.2) is 28.9 Å². The van der Waals surface area contributed by atoms with Crippen LogP contribution in [0.25, 0.3) is 10.6 Å². The molecule has 0 bridgehead atoms. The van der Waals surface area contributed by atoms with Crippen LogP contribution in [0.3, 0.4) is 0 Å². The second-order valence-electron chi connectivity index (χ2n) is 6.90. The zero-order chi connectivity index (χ0) is 18.6. The summed E-state index contributed by atoms with van der Waals surface area (Å²) in [5.41, 5.74) is 2.64. The molecule has 1 amide bonds. The van der Waals surface area contributed by atoms with Gasteiger partial charge in [0.05, 0.1) is 0 Å². The van der Waals surface area contributed by atoms with Gasteiger partial charge in [-0.25, -0.2) is 9.37 Å². The molecule has 27 heavy (non-hydrogen) atoms. The van der Waals surface area contributed by atoms with E-state index in [9.17, 15) is 9.18 Å². The standard InChI is InChI=1S/C22H21FN2OS/c23-19-11-9-16(10-12-19)18-8-4-5-13-25(14-18)22(26)20-15-27-21(24-20)17-6-2-1-3-7-17/h1-3,6-7,9-12,15,18H,4-5,8,13-14H2. The lowest BCUT2D eigenvalue weighted by Crippen LogP contribution is -2.34. The van der Waals surface area contributed by atoms with Gasteiger partial charge in [-0.2, -0.15) is 0 Å². The molecular formula is C22H21FN2OS. The lowest BCUT2D eigenvalue weighted by atomic mass is 9.94. The molecule has 0 radical (unpaired) electrons. The van der Waals surface area contributed by atoms with Gasteiger partial charge >= 0.3 is 0 Å². The Morgan fingerprint density at radius 2 is 1.85 bits per heavy atom. The molecule has 2 aromatic carbocycles. The van der Waals surface area contributed by atoms with E-state index in [1.165, 1.54) is 23.5 Å². The van der Waals surface area contributed by atoms with Gasteiger partial charge in [-0.15, -0.1) is 11.3 Å². The van der Waals surface area contributed by atoms with Gasteiger partial charge in [-0.3, -0.25) is 4.79 Å². The molecule has 3 aromatic rings. The van der Waals surface area contributed by atoms with Crippen LogP contribution < -0.4 is 0 Å². The van der Waals surface area contributed by atoms with Crippen molar-refractivity contribution in [2.45, 2.75) is 25.2 Å². The van der Waals surface area contributed by atoms with E-state index < -0.39 is 0 Å². The van der Waals surface area contributed by atoms with Crippen molar-refractivity contribution in [2.75, 3.05) is 13.1 Å². The molecule has 0 spiro atoms. The first-order valence-electron chi connectivity index (χ1n) is 9.26. The molecule has 5 heteroatoms. The van der Waals surface area contributed by atoms with Gasteiger partial charge in [-0.1, -0.05) is 48.9 Å². The Morgan fingerprint density at radius 1 is 1.07 bits per heavy atom. The minimum absolute atomic E-state index is 0.0116. The van der Waals surface area contributed by atoms with E-state index in [0.29, 0.717) is 12.2 Å². The number of benzene rings is 2. The molecule has 1 unspecified atom stereocenters. The number of hydrogen-bond acceptors (Lipinski definition) is 3. The maximum absolute atomic E-state index is 13.2. The van der Waals surface area contributed by atoms with Crippen LogP contribution in [0.2, 0.25) is 0 Å². The highest BCUT2D eigenvalue weighted by Gasteiger charge is 2.25. The Labute approximate surface area is 162 Å². The van der Waals surface area contributed by atoms with Crippen molar-refractivity contribution in [3.8, 4) is 10.6 Å². The number of carbonyl (C=O) groups excluding carboxylic acids is 1. The van der Waals surface area contributed by atoms with Gasteiger partial charge in [0, 0.05) is 30.0 Å². The molecular weight excluding hydrogens is 359 g/mol. The van der Waals surface area contributed by atoms with Gasteiger partial charge in [0.1, 0.15) is 16.5 Å². The maximum atomic E-state index is 13.2. The maximum Gasteiger partial charge on any atom is 0.273 e. The summed E-state index contributed by atoms with van der Waals surface area (Å²) in [5, 5.41) is 2.71. The predicted molar refractivity (Wildman–Crippen MR) is 106 cm³/mol. The third-order valence-electron chi connectivity index (χ3n) is 5.04. The summed E-state index contributed by atoms with van der Waals surface area (Å²) in [6.45, 7) is 1.40. The van der Waals surface area contributed by atoms with Crippen LogP contribution in [0.5, 0.6) is 0 Å². The minimum Gasteiger partial charge on any atom is -0.337 e. The van der Waals surface area contributed by atoms with E-state index in [2.05, 4.69) is 4.98 Å². The van der Waals surface area contributed by atoms with Crippen molar-refractivity contribution in [1.29, 1.82) is 0 Å². The minimum atomic E-state index is -0.226. The van der Waals surface area contributed by atoms with Crippen molar-refractivity contribution >= 4 is 17.2 Å². The summed E-state index contributed by atoms with van der Waals surface area (Å²) in [7, 11) is 0. The number of amides is 1. The van der Waals surface area contributed by atoms with Crippen molar-refractivity contribution in [3.05, 3.63) is 77.1 Å². The molecule has 0 N–H and O–H groups in total. The van der Waals surface area contributed by atoms with Crippen LogP contribution in [0.4, 0.5) is 4.39 Å². The fourth-order valence-corrected chi connectivity index (χ4v) is 4.38. The topological polar surface area (TPSA) is 33.2 Å². The summed E-state index contributed by atoms with van der Waals surface area (Å²) in [5.74, 6) is 0.00272. The van der Waals surface area contributed by atoms with E-state index in [1.807, 2.05) is 52.7 Å². The number of halogens is 1. The van der Waals surface area contributed by atoms with E-state index in [4.69, 9.17) is 0 Å². The van der Waals surface area contributed by atoms with Crippen molar-refractivity contribution < 1.29 is 9.18 Å². The van der Waals surface area contributed by atoms with Crippen LogP contribution >= 0.6 is 11.3 Å². The number of hydrogen-bond donors (Lipinski definition) is 0. The quantitative estimate of drug-likeness (QED) is 0.613. The van der Waals surface area contributed by atoms with Gasteiger partial charge in [0.2, 0.25) is 0 Å². The van der Waals surface area contributed by atoms with Crippen molar-refractivity contribution in [1.82, 2.24) is 9.88 Å². The lowest BCUT2D eigenvalue weighted by molar-refractivity contribution is 0.0749. The fraction of sp³-hybridized carbons (Fsp3) is 0.273. The molecule has 1 saturated heterocycles. The zero-order valence-corrected chi connectivity index (χ0v) is 15.8. The monoisotopic (exact) mass is 380 g/mol. The Balaban J connectivity index is 1.52. The van der Waals surface area contributed by atoms with Gasteiger partial charge in [-0.05, 0) is 30.5 Å². The Bertz CT molecular complexity index is 908. The fourth-order valence-electron chi connectivity index (χ4n) is 3.58. The summed E-state index contributed by atoms with van der Waals surface area (Å²) in [6.07, 6.45) is 3.07. The van der Waals surface area contributed by atoms with E-state index in [0.717, 1.165) is 41.9 Å². The molecule has 1 aliphatic rings. The molecule has 0 aliphatic carbocycles. The van der Waals surface area contributed by atoms with Gasteiger partial charge in [0.25, 0.3) is 5.91 Å². The van der Waals surface area contributed by atoms with Crippen molar-refractivity contribution in [3.63, 3.8) is 0 Å². The second kappa shape index (κ2) is 8.01. The molecule has 1 aromatic heterocycles. The number of thiazole rings is 1. The normalized spacial score (nSPS) is 17.5. The molecule has 1 atom stereocenters. The lowest BCUT2D eigenvalue weighted by Gasteiger charge is -2.24. The predicted octanol–water partition coefficient (Wildman–Crippen LogP) is 5.36. The molecule has 0 saturated carbocycles. The Morgan fingerprint density at radius 3 is 2.63 bits per heavy atom. The first kappa shape index (κ1) is 17.9. The highest BCUT2D eigenvalue weighted by Crippen LogP contribution is 2.29. The number of likely N-dealkylation sites (tertiary alicyclic amines) is 1. The highest BCUT2D eigenvalue weighted by molar-refractivity contribution is 7.13. The first-order valence-corrected chi connectivity index (χ1v) is 10.1. The van der Waals surface area contributed by atoms with Crippen LogP contribution in [0, 0.1) is 5.82 Å². The number of rotatable bonds is 3. The summed E-state index contributed by atoms with van der Waals surface area (Å²) < 4.78 is 13.2. The summed E-state index contributed by atoms with van der Waals surface area (Å²) in [4.78, 5) is 19.5. The molecule has 1 aliphatic heterocycles. The van der Waals surface area contributed by atoms with Crippen LogP contribution in [-0.2, 0) is 0 Å². The molecule has 138 valence electrons. The van der Waals surface area contributed by atoms with Crippen LogP contribution in [0.1, 0.15) is 41.2 Å². The Kier molecular flexibility index (Phi) is 5.30. The molecule has 4 rings (SSSR count). The van der Waals surface area contributed by atoms with Gasteiger partial charge < -0.3 is 4.90 Å². The molecule has 2 heterocycles. The average Bonchev–Trinajstić information content (AvgIpc) is 3.07. The number of carbonyl (C=O) groups is 1. The third-order valence-corrected chi connectivity index (χ3v) is 5.94. The van der Waals surface area contributed by atoms with E-state index >= 15 is 0 Å². The largest absolute Gasteiger partial charge is 0.337 e. The smallest absolute Gasteiger partial charge is 0.273 e. The number of aromatic nitrogens is 1. The summed E-state index contributed by atoms with van der Waals surface area (Å²) >= 11 is 1.50. The average molecular weight is 380 g/mol. The summed E-state index contributed by atoms with van der Waals surface area (Å²) in [6, 6.07) is 16.6. The Hall–Kier alpha value is -2.53. The van der Waals surface area contributed by atoms with E-state index in [1.54, 1.807) is 0 Å². The molecule has 1 fully saturated rings. The van der Waals surface area contributed by atoms with Crippen LogP contribution in [0.15, 0.2) is 60.0 Å². The van der Waals surface area contributed by atoms with E-state index in [-0.39, 0.29) is 17.6 Å². The SMILES string of the molecule is O=C(c1csc(-c2ccccc2)n1)N1CCCCC(c2ccc(F)cc2)C1. The van der Waals surface area contributed by atoms with Gasteiger partial charge in [0.15, 0.2) is 0 Å². The highest BCUT2D eigenvalue weighted by atomic mass is 32.1.